The predicted octanol–water partition coefficient (Wildman–Crippen LogP) is 2.80. The molecule has 29 heavy (non-hydrogen) atoms. The number of nitrogens with one attached hydrogen (secondary N) is 1. The second-order valence-electron chi connectivity index (χ2n) is 7.22. The fourth-order valence-electron chi connectivity index (χ4n) is 2.87. The highest BCUT2D eigenvalue weighted by Gasteiger charge is 2.36. The first-order valence-corrected chi connectivity index (χ1v) is 9.34. The van der Waals surface area contributed by atoms with Crippen LogP contribution in [0.15, 0.2) is 48.5 Å². The summed E-state index contributed by atoms with van der Waals surface area (Å²) in [6.45, 7) is 5.41. The fraction of sp³-hybridized carbons (Fsp3) is 0.273. The molecule has 7 heteroatoms. The minimum absolute atomic E-state index is 0.0432. The summed E-state index contributed by atoms with van der Waals surface area (Å²) in [6.07, 6.45) is 0. The van der Waals surface area contributed by atoms with Crippen LogP contribution in [-0.4, -0.2) is 36.3 Å². The second kappa shape index (κ2) is 8.26. The Kier molecular flexibility index (Phi) is 5.77. The molecule has 1 atom stereocenters. The van der Waals surface area contributed by atoms with Crippen molar-refractivity contribution in [1.29, 1.82) is 0 Å². The lowest BCUT2D eigenvalue weighted by Crippen LogP contribution is -2.38. The van der Waals surface area contributed by atoms with Crippen LogP contribution in [0.1, 0.15) is 51.8 Å². The van der Waals surface area contributed by atoms with E-state index in [0.717, 1.165) is 4.90 Å². The molecule has 0 radical (unpaired) electrons. The minimum atomic E-state index is -0.712. The highest BCUT2D eigenvalue weighted by molar-refractivity contribution is 6.34. The molecule has 3 rings (SSSR count). The van der Waals surface area contributed by atoms with Crippen molar-refractivity contribution in [2.24, 2.45) is 5.92 Å². The van der Waals surface area contributed by atoms with Gasteiger partial charge in [0.1, 0.15) is 0 Å². The molecule has 0 aliphatic carbocycles. The van der Waals surface area contributed by atoms with Gasteiger partial charge in [0, 0.05) is 6.04 Å². The topological polar surface area (TPSA) is 92.8 Å². The van der Waals surface area contributed by atoms with Crippen LogP contribution < -0.4 is 10.2 Å². The first-order chi connectivity index (χ1) is 13.8. The van der Waals surface area contributed by atoms with Crippen molar-refractivity contribution in [3.63, 3.8) is 0 Å². The van der Waals surface area contributed by atoms with Crippen molar-refractivity contribution in [2.45, 2.75) is 26.8 Å². The van der Waals surface area contributed by atoms with E-state index >= 15 is 0 Å². The summed E-state index contributed by atoms with van der Waals surface area (Å²) in [7, 11) is 0. The van der Waals surface area contributed by atoms with E-state index in [1.165, 1.54) is 12.1 Å². The molecule has 0 bridgehead atoms. The summed E-state index contributed by atoms with van der Waals surface area (Å²) in [4.78, 5) is 50.4. The maximum Gasteiger partial charge on any atom is 0.338 e. The molecule has 1 heterocycles. The zero-order valence-electron chi connectivity index (χ0n) is 16.5. The Balaban J connectivity index is 1.70. The first-order valence-electron chi connectivity index (χ1n) is 9.34. The largest absolute Gasteiger partial charge is 0.452 e. The third-order valence-electron chi connectivity index (χ3n) is 4.86. The van der Waals surface area contributed by atoms with Crippen LogP contribution in [-0.2, 0) is 9.53 Å². The number of carbonyl (C=O) groups is 4. The van der Waals surface area contributed by atoms with Crippen molar-refractivity contribution >= 4 is 29.4 Å². The molecule has 3 amide bonds. The van der Waals surface area contributed by atoms with Gasteiger partial charge >= 0.3 is 5.97 Å². The molecule has 1 aliphatic heterocycles. The molecule has 1 aliphatic rings. The molecule has 0 unspecified atom stereocenters. The Bertz CT molecular complexity index is 948. The molecule has 0 aromatic heterocycles. The number of anilines is 1. The summed E-state index contributed by atoms with van der Waals surface area (Å²) in [5.74, 6) is -1.74. The van der Waals surface area contributed by atoms with E-state index in [1.807, 2.05) is 20.8 Å². The zero-order chi connectivity index (χ0) is 21.1. The molecule has 0 saturated heterocycles. The van der Waals surface area contributed by atoms with E-state index in [1.54, 1.807) is 36.4 Å². The number of rotatable bonds is 6. The van der Waals surface area contributed by atoms with E-state index in [-0.39, 0.29) is 23.2 Å². The molecule has 0 saturated carbocycles. The highest BCUT2D eigenvalue weighted by atomic mass is 16.5. The second-order valence-corrected chi connectivity index (χ2v) is 7.22. The quantitative estimate of drug-likeness (QED) is 0.601. The van der Waals surface area contributed by atoms with Gasteiger partial charge in [-0.15, -0.1) is 0 Å². The normalized spacial score (nSPS) is 14.0. The van der Waals surface area contributed by atoms with Gasteiger partial charge in [0.15, 0.2) is 6.61 Å². The van der Waals surface area contributed by atoms with Crippen molar-refractivity contribution < 1.29 is 23.9 Å². The lowest BCUT2D eigenvalue weighted by atomic mass is 10.1. The van der Waals surface area contributed by atoms with Gasteiger partial charge < -0.3 is 10.1 Å². The van der Waals surface area contributed by atoms with E-state index in [9.17, 15) is 19.2 Å². The fourth-order valence-corrected chi connectivity index (χ4v) is 2.87. The number of fused-ring (bicyclic) bond motifs is 1. The first kappa shape index (κ1) is 20.3. The maximum absolute atomic E-state index is 12.6. The van der Waals surface area contributed by atoms with Gasteiger partial charge in [-0.2, -0.15) is 0 Å². The molecule has 150 valence electrons. The summed E-state index contributed by atoms with van der Waals surface area (Å²) >= 11 is 0. The summed E-state index contributed by atoms with van der Waals surface area (Å²) < 4.78 is 5.06. The lowest BCUT2D eigenvalue weighted by Gasteiger charge is -2.17. The molecule has 7 nitrogen and oxygen atoms in total. The predicted molar refractivity (Wildman–Crippen MR) is 107 cm³/mol. The smallest absolute Gasteiger partial charge is 0.338 e. The molecular weight excluding hydrogens is 372 g/mol. The Morgan fingerprint density at radius 3 is 2.17 bits per heavy atom. The Morgan fingerprint density at radius 1 is 0.966 bits per heavy atom. The number of ether oxygens (including phenoxy) is 1. The Labute approximate surface area is 168 Å². The van der Waals surface area contributed by atoms with Crippen molar-refractivity contribution in [1.82, 2.24) is 5.32 Å². The number of hydrogen-bond donors (Lipinski definition) is 1. The molecular formula is C22H22N2O5. The lowest BCUT2D eigenvalue weighted by molar-refractivity contribution is -0.125. The Morgan fingerprint density at radius 2 is 1.59 bits per heavy atom. The monoisotopic (exact) mass is 394 g/mol. The molecule has 2 aromatic carbocycles. The molecule has 0 fully saturated rings. The summed E-state index contributed by atoms with van der Waals surface area (Å²) in [5, 5.41) is 2.75. The number of amides is 3. The van der Waals surface area contributed by atoms with Gasteiger partial charge in [-0.3, -0.25) is 14.4 Å². The molecule has 1 N–H and O–H groups in total. The SMILES string of the molecule is CC(C)[C@@H](C)NC(=O)COC(=O)c1cccc(N2C(=O)c3ccccc3C2=O)c1. The van der Waals surface area contributed by atoms with Crippen molar-refractivity contribution in [2.75, 3.05) is 11.5 Å². The average Bonchev–Trinajstić information content (AvgIpc) is 2.97. The van der Waals surface area contributed by atoms with Gasteiger partial charge in [0.2, 0.25) is 0 Å². The Hall–Kier alpha value is -3.48. The van der Waals surface area contributed by atoms with Crippen LogP contribution in [0.5, 0.6) is 0 Å². The molecule has 0 spiro atoms. The number of carbonyl (C=O) groups excluding carboxylic acids is 4. The maximum atomic E-state index is 12.6. The summed E-state index contributed by atoms with van der Waals surface area (Å²) in [6, 6.07) is 12.5. The number of hydrogen-bond acceptors (Lipinski definition) is 5. The van der Waals surface area contributed by atoms with Crippen LogP contribution in [0.2, 0.25) is 0 Å². The van der Waals surface area contributed by atoms with Crippen LogP contribution in [0.25, 0.3) is 0 Å². The highest BCUT2D eigenvalue weighted by Crippen LogP contribution is 2.28. The van der Waals surface area contributed by atoms with Crippen molar-refractivity contribution in [3.05, 3.63) is 65.2 Å². The minimum Gasteiger partial charge on any atom is -0.452 e. The van der Waals surface area contributed by atoms with Gasteiger partial charge in [-0.05, 0) is 43.2 Å². The van der Waals surface area contributed by atoms with Crippen LogP contribution in [0, 0.1) is 5.92 Å². The third-order valence-corrected chi connectivity index (χ3v) is 4.86. The standard InChI is InChI=1S/C22H22N2O5/c1-13(2)14(3)23-19(25)12-29-22(28)15-7-6-8-16(11-15)24-20(26)17-9-4-5-10-18(17)21(24)27/h4-11,13-14H,12H2,1-3H3,(H,23,25)/t14-/m1/s1. The summed E-state index contributed by atoms with van der Waals surface area (Å²) in [5.41, 5.74) is 1.05. The molecule has 2 aromatic rings. The van der Waals surface area contributed by atoms with Gasteiger partial charge in [0.05, 0.1) is 22.4 Å². The number of esters is 1. The zero-order valence-corrected chi connectivity index (χ0v) is 16.5. The van der Waals surface area contributed by atoms with Gasteiger partial charge in [0.25, 0.3) is 17.7 Å². The number of imide groups is 1. The van der Waals surface area contributed by atoms with Crippen LogP contribution in [0.4, 0.5) is 5.69 Å². The number of nitrogens with zero attached hydrogens (tertiary/aromatic N) is 1. The van der Waals surface area contributed by atoms with Crippen LogP contribution in [0.3, 0.4) is 0 Å². The van der Waals surface area contributed by atoms with E-state index < -0.39 is 30.3 Å². The average molecular weight is 394 g/mol. The van der Waals surface area contributed by atoms with Gasteiger partial charge in [-0.25, -0.2) is 9.69 Å². The van der Waals surface area contributed by atoms with E-state index in [2.05, 4.69) is 5.32 Å². The number of benzene rings is 2. The van der Waals surface area contributed by atoms with Crippen LogP contribution >= 0.6 is 0 Å². The van der Waals surface area contributed by atoms with E-state index in [0.29, 0.717) is 11.1 Å². The van der Waals surface area contributed by atoms with Gasteiger partial charge in [-0.1, -0.05) is 32.0 Å². The third kappa shape index (κ3) is 4.18. The van der Waals surface area contributed by atoms with Crippen molar-refractivity contribution in [3.8, 4) is 0 Å². The van der Waals surface area contributed by atoms with E-state index in [4.69, 9.17) is 4.74 Å².